The van der Waals surface area contributed by atoms with E-state index in [1.54, 1.807) is 24.3 Å². The SMILES string of the molecule is O=C(O)CCCN(c1ccccc1)S(=O)(=O)CC1CC1. The Kier molecular flexibility index (Phi) is 4.65. The second-order valence-corrected chi connectivity index (χ2v) is 7.06. The lowest BCUT2D eigenvalue weighted by Gasteiger charge is -2.24. The molecule has 20 heavy (non-hydrogen) atoms. The zero-order valence-electron chi connectivity index (χ0n) is 11.2. The van der Waals surface area contributed by atoms with Crippen LogP contribution in [0, 0.1) is 5.92 Å². The van der Waals surface area contributed by atoms with Gasteiger partial charge < -0.3 is 5.11 Å². The van der Waals surface area contributed by atoms with Crippen molar-refractivity contribution in [3.63, 3.8) is 0 Å². The summed E-state index contributed by atoms with van der Waals surface area (Å²) in [6.07, 6.45) is 2.23. The summed E-state index contributed by atoms with van der Waals surface area (Å²) < 4.78 is 26.2. The monoisotopic (exact) mass is 297 g/mol. The van der Waals surface area contributed by atoms with Gasteiger partial charge in [-0.15, -0.1) is 0 Å². The summed E-state index contributed by atoms with van der Waals surface area (Å²) in [6.45, 7) is 0.214. The van der Waals surface area contributed by atoms with E-state index >= 15 is 0 Å². The van der Waals surface area contributed by atoms with Gasteiger partial charge in [-0.3, -0.25) is 9.10 Å². The molecule has 0 bridgehead atoms. The van der Waals surface area contributed by atoms with Crippen LogP contribution in [0.4, 0.5) is 5.69 Å². The zero-order valence-corrected chi connectivity index (χ0v) is 12.1. The molecule has 110 valence electrons. The number of sulfonamides is 1. The van der Waals surface area contributed by atoms with E-state index in [1.165, 1.54) is 4.31 Å². The third-order valence-corrected chi connectivity index (χ3v) is 5.23. The minimum atomic E-state index is -3.37. The van der Waals surface area contributed by atoms with Gasteiger partial charge in [-0.2, -0.15) is 0 Å². The van der Waals surface area contributed by atoms with E-state index in [4.69, 9.17) is 5.11 Å². The van der Waals surface area contributed by atoms with E-state index < -0.39 is 16.0 Å². The first-order chi connectivity index (χ1) is 9.49. The molecule has 1 aromatic carbocycles. The lowest BCUT2D eigenvalue weighted by molar-refractivity contribution is -0.137. The fraction of sp³-hybridized carbons (Fsp3) is 0.500. The molecule has 0 spiro atoms. The first-order valence-electron chi connectivity index (χ1n) is 6.76. The van der Waals surface area contributed by atoms with Crippen molar-refractivity contribution >= 4 is 21.7 Å². The second-order valence-electron chi connectivity index (χ2n) is 5.13. The van der Waals surface area contributed by atoms with Gasteiger partial charge in [-0.1, -0.05) is 18.2 Å². The van der Waals surface area contributed by atoms with Gasteiger partial charge in [0, 0.05) is 13.0 Å². The summed E-state index contributed by atoms with van der Waals surface area (Å²) in [5.41, 5.74) is 0.610. The number of rotatable bonds is 8. The van der Waals surface area contributed by atoms with Crippen LogP contribution in [0.15, 0.2) is 30.3 Å². The fourth-order valence-corrected chi connectivity index (χ4v) is 4.03. The quantitative estimate of drug-likeness (QED) is 0.797. The van der Waals surface area contributed by atoms with Gasteiger partial charge in [-0.05, 0) is 37.3 Å². The topological polar surface area (TPSA) is 74.7 Å². The second kappa shape index (κ2) is 6.26. The first kappa shape index (κ1) is 14.8. The number of carbonyl (C=O) groups is 1. The molecule has 0 aliphatic heterocycles. The van der Waals surface area contributed by atoms with Crippen molar-refractivity contribution in [2.45, 2.75) is 25.7 Å². The maximum absolute atomic E-state index is 12.4. The van der Waals surface area contributed by atoms with Crippen LogP contribution in [0.5, 0.6) is 0 Å². The van der Waals surface area contributed by atoms with Crippen LogP contribution in [0.3, 0.4) is 0 Å². The first-order valence-corrected chi connectivity index (χ1v) is 8.37. The number of carboxylic acid groups (broad SMARTS) is 1. The summed E-state index contributed by atoms with van der Waals surface area (Å²) in [5, 5.41) is 8.69. The standard InChI is InChI=1S/C14H19NO4S/c16-14(17)7-4-10-15(13-5-2-1-3-6-13)20(18,19)11-12-8-9-12/h1-3,5-6,12H,4,7-11H2,(H,16,17). The van der Waals surface area contributed by atoms with E-state index in [1.807, 2.05) is 6.07 Å². The van der Waals surface area contributed by atoms with Crippen LogP contribution in [0.1, 0.15) is 25.7 Å². The largest absolute Gasteiger partial charge is 0.481 e. The van der Waals surface area contributed by atoms with E-state index in [9.17, 15) is 13.2 Å². The van der Waals surface area contributed by atoms with Gasteiger partial charge in [0.1, 0.15) is 0 Å². The molecule has 0 atom stereocenters. The van der Waals surface area contributed by atoms with Crippen LogP contribution >= 0.6 is 0 Å². The van der Waals surface area contributed by atoms with Crippen molar-refractivity contribution < 1.29 is 18.3 Å². The predicted molar refractivity (Wildman–Crippen MR) is 77.2 cm³/mol. The number of anilines is 1. The molecule has 6 heteroatoms. The van der Waals surface area contributed by atoms with Crippen LogP contribution < -0.4 is 4.31 Å². The molecule has 2 rings (SSSR count). The highest BCUT2D eigenvalue weighted by atomic mass is 32.2. The molecule has 5 nitrogen and oxygen atoms in total. The maximum Gasteiger partial charge on any atom is 0.303 e. The Morgan fingerprint density at radius 2 is 1.90 bits per heavy atom. The average molecular weight is 297 g/mol. The summed E-state index contributed by atoms with van der Waals surface area (Å²) in [7, 11) is -3.37. The molecule has 0 amide bonds. The summed E-state index contributed by atoms with van der Waals surface area (Å²) in [5.74, 6) is -0.474. The predicted octanol–water partition coefficient (Wildman–Crippen LogP) is 2.10. The van der Waals surface area contributed by atoms with Crippen molar-refractivity contribution in [2.75, 3.05) is 16.6 Å². The summed E-state index contributed by atoms with van der Waals surface area (Å²) >= 11 is 0. The van der Waals surface area contributed by atoms with Crippen LogP contribution in [0.25, 0.3) is 0 Å². The van der Waals surface area contributed by atoms with Gasteiger partial charge in [0.25, 0.3) is 0 Å². The molecule has 1 saturated carbocycles. The van der Waals surface area contributed by atoms with E-state index in [0.717, 1.165) is 12.8 Å². The zero-order chi connectivity index (χ0) is 14.6. The molecule has 0 saturated heterocycles. The number of carboxylic acids is 1. The molecular weight excluding hydrogens is 278 g/mol. The van der Waals surface area contributed by atoms with Gasteiger partial charge in [0.05, 0.1) is 11.4 Å². The van der Waals surface area contributed by atoms with Crippen LogP contribution in [-0.2, 0) is 14.8 Å². The highest BCUT2D eigenvalue weighted by molar-refractivity contribution is 7.92. The summed E-state index contributed by atoms with van der Waals surface area (Å²) in [6, 6.07) is 8.88. The van der Waals surface area contributed by atoms with Crippen molar-refractivity contribution in [3.05, 3.63) is 30.3 Å². The van der Waals surface area contributed by atoms with Gasteiger partial charge >= 0.3 is 5.97 Å². The Morgan fingerprint density at radius 1 is 1.25 bits per heavy atom. The van der Waals surface area contributed by atoms with Gasteiger partial charge in [-0.25, -0.2) is 8.42 Å². The van der Waals surface area contributed by atoms with Gasteiger partial charge in [0.2, 0.25) is 10.0 Å². The normalized spacial score (nSPS) is 15.0. The average Bonchev–Trinajstić information content (AvgIpc) is 3.18. The molecule has 1 aliphatic carbocycles. The van der Waals surface area contributed by atoms with Crippen LogP contribution in [-0.4, -0.2) is 31.8 Å². The minimum absolute atomic E-state index is 0.0255. The van der Waals surface area contributed by atoms with Crippen molar-refractivity contribution in [1.29, 1.82) is 0 Å². The molecule has 0 heterocycles. The third kappa shape index (κ3) is 4.23. The maximum atomic E-state index is 12.4. The number of benzene rings is 1. The Balaban J connectivity index is 2.12. The van der Waals surface area contributed by atoms with Crippen molar-refractivity contribution in [3.8, 4) is 0 Å². The molecule has 1 aromatic rings. The van der Waals surface area contributed by atoms with Crippen molar-refractivity contribution in [1.82, 2.24) is 0 Å². The number of nitrogens with zero attached hydrogens (tertiary/aromatic N) is 1. The molecule has 1 aliphatic rings. The molecule has 0 radical (unpaired) electrons. The molecule has 1 fully saturated rings. The van der Waals surface area contributed by atoms with Crippen LogP contribution in [0.2, 0.25) is 0 Å². The number of aliphatic carboxylic acids is 1. The highest BCUT2D eigenvalue weighted by Gasteiger charge is 2.32. The molecule has 0 unspecified atom stereocenters. The minimum Gasteiger partial charge on any atom is -0.481 e. The lowest BCUT2D eigenvalue weighted by Crippen LogP contribution is -2.34. The fourth-order valence-electron chi connectivity index (χ4n) is 2.07. The Bertz CT molecular complexity index is 552. The van der Waals surface area contributed by atoms with E-state index in [-0.39, 0.29) is 24.6 Å². The lowest BCUT2D eigenvalue weighted by atomic mass is 10.3. The third-order valence-electron chi connectivity index (χ3n) is 3.28. The number of hydrogen-bond donors (Lipinski definition) is 1. The summed E-state index contributed by atoms with van der Waals surface area (Å²) in [4.78, 5) is 10.6. The van der Waals surface area contributed by atoms with Gasteiger partial charge in [0.15, 0.2) is 0 Å². The van der Waals surface area contributed by atoms with E-state index in [2.05, 4.69) is 0 Å². The molecule has 0 aromatic heterocycles. The Labute approximate surface area is 119 Å². The van der Waals surface area contributed by atoms with E-state index in [0.29, 0.717) is 12.1 Å². The molecule has 1 N–H and O–H groups in total. The smallest absolute Gasteiger partial charge is 0.303 e. The Hall–Kier alpha value is -1.56. The van der Waals surface area contributed by atoms with Crippen molar-refractivity contribution in [2.24, 2.45) is 5.92 Å². The highest BCUT2D eigenvalue weighted by Crippen LogP contribution is 2.32. The number of para-hydroxylation sites is 1. The Morgan fingerprint density at radius 3 is 2.45 bits per heavy atom. The number of hydrogen-bond acceptors (Lipinski definition) is 3. The molecular formula is C14H19NO4S.